The van der Waals surface area contributed by atoms with Crippen molar-refractivity contribution in [2.24, 2.45) is 5.73 Å². The van der Waals surface area contributed by atoms with Crippen molar-refractivity contribution in [1.29, 1.82) is 0 Å². The largest absolute Gasteiger partial charge is 0.484 e. The van der Waals surface area contributed by atoms with Crippen molar-refractivity contribution in [3.63, 3.8) is 0 Å². The molecule has 0 amide bonds. The molecule has 0 spiro atoms. The first-order chi connectivity index (χ1) is 7.79. The van der Waals surface area contributed by atoms with E-state index >= 15 is 0 Å². The molecule has 0 bridgehead atoms. The van der Waals surface area contributed by atoms with Crippen molar-refractivity contribution >= 4 is 11.6 Å². The van der Waals surface area contributed by atoms with Crippen LogP contribution in [0.5, 0.6) is 5.75 Å². The number of para-hydroxylation sites is 1. The van der Waals surface area contributed by atoms with Crippen LogP contribution in [0.2, 0.25) is 5.02 Å². The number of benzene rings is 1. The van der Waals surface area contributed by atoms with E-state index in [0.29, 0.717) is 23.9 Å². The Labute approximate surface area is 98.8 Å². The number of hydrogen-bond acceptors (Lipinski definition) is 3. The van der Waals surface area contributed by atoms with Crippen LogP contribution in [0.25, 0.3) is 0 Å². The lowest BCUT2D eigenvalue weighted by atomic mass is 10.3. The monoisotopic (exact) mass is 237 g/mol. The van der Waals surface area contributed by atoms with Crippen molar-refractivity contribution in [2.45, 2.75) is 13.2 Å². The highest BCUT2D eigenvalue weighted by Gasteiger charge is 2.03. The lowest BCUT2D eigenvalue weighted by Gasteiger charge is -2.05. The summed E-state index contributed by atoms with van der Waals surface area (Å²) in [5.74, 6) is 2.13. The second-order valence-corrected chi connectivity index (χ2v) is 3.70. The average Bonchev–Trinajstić information content (AvgIpc) is 2.76. The number of rotatable bonds is 4. The van der Waals surface area contributed by atoms with Crippen molar-refractivity contribution in [3.05, 3.63) is 52.9 Å². The van der Waals surface area contributed by atoms with Crippen molar-refractivity contribution < 1.29 is 9.15 Å². The second kappa shape index (κ2) is 5.05. The van der Waals surface area contributed by atoms with Gasteiger partial charge in [-0.3, -0.25) is 0 Å². The highest BCUT2D eigenvalue weighted by atomic mass is 35.5. The first-order valence-electron chi connectivity index (χ1n) is 4.94. The Morgan fingerprint density at radius 3 is 2.56 bits per heavy atom. The molecule has 1 aromatic carbocycles. The molecule has 4 heteroatoms. The molecule has 0 unspecified atom stereocenters. The molecule has 1 heterocycles. The molecular weight excluding hydrogens is 226 g/mol. The minimum atomic E-state index is 0.351. The van der Waals surface area contributed by atoms with Crippen LogP contribution in [0.3, 0.4) is 0 Å². The second-order valence-electron chi connectivity index (χ2n) is 3.29. The molecule has 2 aromatic rings. The van der Waals surface area contributed by atoms with Crippen LogP contribution < -0.4 is 10.5 Å². The third kappa shape index (κ3) is 2.56. The zero-order chi connectivity index (χ0) is 11.4. The van der Waals surface area contributed by atoms with Gasteiger partial charge in [-0.1, -0.05) is 23.7 Å². The van der Waals surface area contributed by atoms with Gasteiger partial charge in [0.1, 0.15) is 23.9 Å². The van der Waals surface area contributed by atoms with Crippen molar-refractivity contribution in [1.82, 2.24) is 0 Å². The van der Waals surface area contributed by atoms with E-state index in [1.165, 1.54) is 0 Å². The van der Waals surface area contributed by atoms with Gasteiger partial charge in [-0.05, 0) is 24.3 Å². The number of ether oxygens (including phenoxy) is 1. The van der Waals surface area contributed by atoms with Crippen LogP contribution in [0, 0.1) is 0 Å². The third-order valence-electron chi connectivity index (χ3n) is 2.13. The predicted octanol–water partition coefficient (Wildman–Crippen LogP) is 2.97. The standard InChI is InChI=1S/C12H12ClNO2/c13-11-3-1-2-4-12(11)15-8-10-6-5-9(7-14)16-10/h1-6H,7-8,14H2. The quantitative estimate of drug-likeness (QED) is 0.889. The third-order valence-corrected chi connectivity index (χ3v) is 2.44. The summed E-state index contributed by atoms with van der Waals surface area (Å²) < 4.78 is 10.9. The summed E-state index contributed by atoms with van der Waals surface area (Å²) in [6.45, 7) is 0.746. The van der Waals surface area contributed by atoms with Gasteiger partial charge in [-0.2, -0.15) is 0 Å². The summed E-state index contributed by atoms with van der Waals surface area (Å²) in [6, 6.07) is 11.0. The molecule has 2 N–H and O–H groups in total. The highest BCUT2D eigenvalue weighted by molar-refractivity contribution is 6.32. The fourth-order valence-electron chi connectivity index (χ4n) is 1.32. The maximum Gasteiger partial charge on any atom is 0.146 e. The van der Waals surface area contributed by atoms with E-state index in [9.17, 15) is 0 Å². The van der Waals surface area contributed by atoms with Gasteiger partial charge < -0.3 is 14.9 Å². The van der Waals surface area contributed by atoms with Gasteiger partial charge in [-0.15, -0.1) is 0 Å². The lowest BCUT2D eigenvalue weighted by Crippen LogP contribution is -1.95. The fraction of sp³-hybridized carbons (Fsp3) is 0.167. The zero-order valence-electron chi connectivity index (χ0n) is 8.65. The fourth-order valence-corrected chi connectivity index (χ4v) is 1.51. The van der Waals surface area contributed by atoms with Gasteiger partial charge >= 0.3 is 0 Å². The number of hydrogen-bond donors (Lipinski definition) is 1. The Bertz CT molecular complexity index is 468. The summed E-state index contributed by atoms with van der Waals surface area (Å²) in [7, 11) is 0. The Hall–Kier alpha value is -1.45. The van der Waals surface area contributed by atoms with E-state index in [-0.39, 0.29) is 0 Å². The van der Waals surface area contributed by atoms with Gasteiger partial charge in [0.15, 0.2) is 0 Å². The van der Waals surface area contributed by atoms with E-state index < -0.39 is 0 Å². The predicted molar refractivity (Wildman–Crippen MR) is 62.4 cm³/mol. The van der Waals surface area contributed by atoms with Crippen LogP contribution in [0.4, 0.5) is 0 Å². The molecule has 2 rings (SSSR count). The summed E-state index contributed by atoms with van der Waals surface area (Å²) in [5.41, 5.74) is 5.44. The number of nitrogens with two attached hydrogens (primary N) is 1. The molecule has 1 aromatic heterocycles. The van der Waals surface area contributed by atoms with Gasteiger partial charge in [0.05, 0.1) is 11.6 Å². The molecule has 0 radical (unpaired) electrons. The van der Waals surface area contributed by atoms with Crippen LogP contribution >= 0.6 is 11.6 Å². The Morgan fingerprint density at radius 2 is 1.88 bits per heavy atom. The minimum absolute atomic E-state index is 0.351. The maximum atomic E-state index is 5.95. The van der Waals surface area contributed by atoms with E-state index in [4.69, 9.17) is 26.5 Å². The van der Waals surface area contributed by atoms with Crippen LogP contribution in [-0.2, 0) is 13.2 Å². The minimum Gasteiger partial charge on any atom is -0.484 e. The van der Waals surface area contributed by atoms with E-state index in [1.807, 2.05) is 30.3 Å². The summed E-state index contributed by atoms with van der Waals surface area (Å²) in [5, 5.41) is 0.591. The normalized spacial score (nSPS) is 10.4. The molecule has 3 nitrogen and oxygen atoms in total. The van der Waals surface area contributed by atoms with E-state index in [2.05, 4.69) is 0 Å². The van der Waals surface area contributed by atoms with Gasteiger partial charge in [0.2, 0.25) is 0 Å². The maximum absolute atomic E-state index is 5.95. The summed E-state index contributed by atoms with van der Waals surface area (Å²) in [6.07, 6.45) is 0. The first-order valence-corrected chi connectivity index (χ1v) is 5.32. The summed E-state index contributed by atoms with van der Waals surface area (Å²) >= 11 is 5.95. The van der Waals surface area contributed by atoms with E-state index in [0.717, 1.165) is 11.5 Å². The van der Waals surface area contributed by atoms with Crippen LogP contribution in [0.1, 0.15) is 11.5 Å². The average molecular weight is 238 g/mol. The van der Waals surface area contributed by atoms with Crippen LogP contribution in [-0.4, -0.2) is 0 Å². The van der Waals surface area contributed by atoms with Crippen LogP contribution in [0.15, 0.2) is 40.8 Å². The molecule has 84 valence electrons. The van der Waals surface area contributed by atoms with Gasteiger partial charge in [-0.25, -0.2) is 0 Å². The number of halogens is 1. The lowest BCUT2D eigenvalue weighted by molar-refractivity contribution is 0.266. The molecule has 0 saturated heterocycles. The Balaban J connectivity index is 1.99. The molecule has 16 heavy (non-hydrogen) atoms. The first kappa shape index (κ1) is 11.0. The van der Waals surface area contributed by atoms with E-state index in [1.54, 1.807) is 6.07 Å². The van der Waals surface area contributed by atoms with Gasteiger partial charge in [0, 0.05) is 0 Å². The Kier molecular flexibility index (Phi) is 3.49. The summed E-state index contributed by atoms with van der Waals surface area (Å²) in [4.78, 5) is 0. The molecule has 0 aliphatic carbocycles. The SMILES string of the molecule is NCc1ccc(COc2ccccc2Cl)o1. The molecular formula is C12H12ClNO2. The topological polar surface area (TPSA) is 48.4 Å². The molecule has 0 fully saturated rings. The van der Waals surface area contributed by atoms with Crippen molar-refractivity contribution in [3.8, 4) is 5.75 Å². The Morgan fingerprint density at radius 1 is 1.12 bits per heavy atom. The molecule has 0 atom stereocenters. The van der Waals surface area contributed by atoms with Gasteiger partial charge in [0.25, 0.3) is 0 Å². The number of furan rings is 1. The highest BCUT2D eigenvalue weighted by Crippen LogP contribution is 2.24. The molecule has 0 aliphatic rings. The molecule has 0 aliphatic heterocycles. The van der Waals surface area contributed by atoms with Crippen molar-refractivity contribution in [2.75, 3.05) is 0 Å². The molecule has 0 saturated carbocycles. The zero-order valence-corrected chi connectivity index (χ0v) is 9.41. The smallest absolute Gasteiger partial charge is 0.146 e.